The van der Waals surface area contributed by atoms with Crippen molar-refractivity contribution in [1.82, 2.24) is 0 Å². The van der Waals surface area contributed by atoms with Gasteiger partial charge in [0, 0.05) is 10.0 Å². The van der Waals surface area contributed by atoms with E-state index in [9.17, 15) is 0 Å². The molecule has 1 atom stereocenters. The van der Waals surface area contributed by atoms with Crippen LogP contribution in [0.15, 0.2) is 132 Å². The van der Waals surface area contributed by atoms with Crippen molar-refractivity contribution in [2.75, 3.05) is 0 Å². The number of hydrogen-bond donors (Lipinski definition) is 0. The van der Waals surface area contributed by atoms with Gasteiger partial charge >= 0.3 is 0 Å². The van der Waals surface area contributed by atoms with E-state index in [-0.39, 0.29) is 0 Å². The zero-order valence-corrected chi connectivity index (χ0v) is 20.1. The summed E-state index contributed by atoms with van der Waals surface area (Å²) in [4.78, 5) is 0. The topological polar surface area (TPSA) is 0 Å². The molecule has 0 radical (unpaired) electrons. The first-order valence-electron chi connectivity index (χ1n) is 11.4. The van der Waals surface area contributed by atoms with Crippen molar-refractivity contribution in [1.29, 1.82) is 0 Å². The average Bonchev–Trinajstić information content (AvgIpc) is 3.18. The summed E-state index contributed by atoms with van der Waals surface area (Å²) in [5, 5.41) is 0. The molecule has 0 fully saturated rings. The minimum absolute atomic E-state index is 0.542. The first kappa shape index (κ1) is 20.7. The average molecular weight is 497 g/mol. The maximum absolute atomic E-state index is 3.78. The Morgan fingerprint density at radius 1 is 0.529 bits per heavy atom. The Hall–Kier alpha value is -3.86. The molecule has 0 amide bonds. The maximum atomic E-state index is 3.78. The minimum atomic E-state index is -0.542. The Kier molecular flexibility index (Phi) is 5.17. The molecule has 1 unspecified atom stereocenters. The summed E-state index contributed by atoms with van der Waals surface area (Å²) in [5.74, 6) is 7.35. The Labute approximate surface area is 209 Å². The first-order chi connectivity index (χ1) is 16.8. The summed E-state index contributed by atoms with van der Waals surface area (Å²) < 4.78 is 1.06. The van der Waals surface area contributed by atoms with E-state index in [1.165, 1.54) is 38.9 Å². The van der Waals surface area contributed by atoms with Crippen LogP contribution in [0.3, 0.4) is 0 Å². The van der Waals surface area contributed by atoms with Crippen LogP contribution >= 0.6 is 15.9 Å². The molecule has 6 rings (SSSR count). The first-order valence-corrected chi connectivity index (χ1v) is 12.2. The number of halogens is 1. The summed E-state index contributed by atoms with van der Waals surface area (Å²) in [6, 6.07) is 44.9. The van der Waals surface area contributed by atoms with Crippen LogP contribution < -0.4 is 0 Å². The third kappa shape index (κ3) is 3.39. The van der Waals surface area contributed by atoms with Crippen LogP contribution in [0.4, 0.5) is 0 Å². The molecular formula is C33H21Br. The van der Waals surface area contributed by atoms with E-state index < -0.39 is 5.41 Å². The van der Waals surface area contributed by atoms with Gasteiger partial charge in [0.15, 0.2) is 0 Å². The fourth-order valence-corrected chi connectivity index (χ4v) is 5.39. The highest BCUT2D eigenvalue weighted by Crippen LogP contribution is 2.52. The molecule has 0 N–H and O–H groups in total. The monoisotopic (exact) mass is 496 g/mol. The second-order valence-electron chi connectivity index (χ2n) is 8.55. The zero-order valence-electron chi connectivity index (χ0n) is 18.5. The summed E-state index contributed by atoms with van der Waals surface area (Å²) >= 11 is 3.72. The molecule has 1 aliphatic carbocycles. The number of hydrogen-bond acceptors (Lipinski definition) is 0. The van der Waals surface area contributed by atoms with E-state index in [1.54, 1.807) is 0 Å². The normalized spacial score (nSPS) is 15.7. The van der Waals surface area contributed by atoms with Crippen molar-refractivity contribution in [3.05, 3.63) is 154 Å². The van der Waals surface area contributed by atoms with Crippen LogP contribution in [0.1, 0.15) is 22.3 Å². The predicted octanol–water partition coefficient (Wildman–Crippen LogP) is 8.48. The van der Waals surface area contributed by atoms with Gasteiger partial charge in [-0.15, -0.1) is 0 Å². The van der Waals surface area contributed by atoms with Gasteiger partial charge in [0.05, 0.1) is 0 Å². The molecule has 0 saturated heterocycles. The molecule has 0 nitrogen and oxygen atoms in total. The standard InChI is InChI=1S/C33H21Br/c34-28-18-19-30-29-16-7-8-17-31(29)33(32(30)23-28,27-14-5-2-6-15-27)21-20-24-10-9-13-26(22-24)25-11-3-1-4-12-25/h1-19,22-23H. The highest BCUT2D eigenvalue weighted by Gasteiger charge is 2.43. The smallest absolute Gasteiger partial charge is 0.0764 e. The Balaban J connectivity index is 1.60. The van der Waals surface area contributed by atoms with Crippen LogP contribution in [0.25, 0.3) is 22.3 Å². The SMILES string of the molecule is Brc1ccc2c(c1)C(C#Cc1cccc(-c3ccccc3)c1)(c1ccccc1)c1ccccc1-2. The van der Waals surface area contributed by atoms with E-state index in [0.29, 0.717) is 0 Å². The molecule has 5 aromatic rings. The van der Waals surface area contributed by atoms with Crippen molar-refractivity contribution in [3.63, 3.8) is 0 Å². The molecular weight excluding hydrogens is 476 g/mol. The van der Waals surface area contributed by atoms with Crippen molar-refractivity contribution in [2.24, 2.45) is 0 Å². The summed E-state index contributed by atoms with van der Waals surface area (Å²) in [5.41, 5.74) is 8.99. The van der Waals surface area contributed by atoms with E-state index in [0.717, 1.165) is 10.0 Å². The highest BCUT2D eigenvalue weighted by molar-refractivity contribution is 9.10. The lowest BCUT2D eigenvalue weighted by molar-refractivity contribution is 0.836. The Bertz CT molecular complexity index is 1560. The van der Waals surface area contributed by atoms with Crippen molar-refractivity contribution < 1.29 is 0 Å². The summed E-state index contributed by atoms with van der Waals surface area (Å²) in [6.45, 7) is 0. The van der Waals surface area contributed by atoms with Crippen molar-refractivity contribution in [2.45, 2.75) is 5.41 Å². The van der Waals surface area contributed by atoms with Gasteiger partial charge < -0.3 is 0 Å². The molecule has 34 heavy (non-hydrogen) atoms. The van der Waals surface area contributed by atoms with Gasteiger partial charge in [0.25, 0.3) is 0 Å². The predicted molar refractivity (Wildman–Crippen MR) is 145 cm³/mol. The minimum Gasteiger partial charge on any atom is -0.0764 e. The molecule has 1 heteroatoms. The second-order valence-corrected chi connectivity index (χ2v) is 9.46. The van der Waals surface area contributed by atoms with Gasteiger partial charge in [0.2, 0.25) is 0 Å². The van der Waals surface area contributed by atoms with E-state index in [1.807, 2.05) is 6.07 Å². The summed E-state index contributed by atoms with van der Waals surface area (Å²) in [7, 11) is 0. The third-order valence-corrected chi connectivity index (χ3v) is 7.07. The van der Waals surface area contributed by atoms with Crippen molar-refractivity contribution in [3.8, 4) is 34.1 Å². The molecule has 0 saturated carbocycles. The van der Waals surface area contributed by atoms with E-state index >= 15 is 0 Å². The van der Waals surface area contributed by atoms with Gasteiger partial charge in [0.1, 0.15) is 5.41 Å². The lowest BCUT2D eigenvalue weighted by Gasteiger charge is -2.27. The van der Waals surface area contributed by atoms with Crippen LogP contribution in [-0.2, 0) is 5.41 Å². The van der Waals surface area contributed by atoms with Gasteiger partial charge in [-0.1, -0.05) is 131 Å². The molecule has 0 heterocycles. The third-order valence-electron chi connectivity index (χ3n) is 6.58. The van der Waals surface area contributed by atoms with E-state index in [2.05, 4.69) is 149 Å². The maximum Gasteiger partial charge on any atom is 0.108 e. The van der Waals surface area contributed by atoms with Gasteiger partial charge in [-0.25, -0.2) is 0 Å². The zero-order chi connectivity index (χ0) is 23.0. The van der Waals surface area contributed by atoms with Crippen LogP contribution in [0, 0.1) is 11.8 Å². The number of rotatable bonds is 2. The molecule has 0 bridgehead atoms. The fourth-order valence-electron chi connectivity index (χ4n) is 5.03. The molecule has 0 spiro atoms. The molecule has 160 valence electrons. The summed E-state index contributed by atoms with van der Waals surface area (Å²) in [6.07, 6.45) is 0. The molecule has 0 aromatic heterocycles. The van der Waals surface area contributed by atoms with Gasteiger partial charge in [-0.3, -0.25) is 0 Å². The van der Waals surface area contributed by atoms with Crippen LogP contribution in [0.5, 0.6) is 0 Å². The van der Waals surface area contributed by atoms with Crippen LogP contribution in [0.2, 0.25) is 0 Å². The Morgan fingerprint density at radius 3 is 2.03 bits per heavy atom. The van der Waals surface area contributed by atoms with Crippen molar-refractivity contribution >= 4 is 15.9 Å². The lowest BCUT2D eigenvalue weighted by Crippen LogP contribution is -2.25. The Morgan fingerprint density at radius 2 is 1.21 bits per heavy atom. The molecule has 5 aromatic carbocycles. The fraction of sp³-hybridized carbons (Fsp3) is 0.0303. The van der Waals surface area contributed by atoms with Gasteiger partial charge in [-0.2, -0.15) is 0 Å². The van der Waals surface area contributed by atoms with E-state index in [4.69, 9.17) is 0 Å². The molecule has 0 aliphatic heterocycles. The second kappa shape index (κ2) is 8.49. The lowest BCUT2D eigenvalue weighted by atomic mass is 9.73. The number of fused-ring (bicyclic) bond motifs is 3. The largest absolute Gasteiger partial charge is 0.108 e. The molecule has 1 aliphatic rings. The highest BCUT2D eigenvalue weighted by atomic mass is 79.9. The quantitative estimate of drug-likeness (QED) is 0.215. The van der Waals surface area contributed by atoms with Crippen LogP contribution in [-0.4, -0.2) is 0 Å². The van der Waals surface area contributed by atoms with Gasteiger partial charge in [-0.05, 0) is 63.2 Å². The number of benzene rings is 5.